The highest BCUT2D eigenvalue weighted by atomic mass is 35.5. The quantitative estimate of drug-likeness (QED) is 0.480. The maximum atomic E-state index is 12.8. The SMILES string of the molecule is Cc1c(C(=O)Nc2ccc(Cl)c(Cl)c2)oc2c1/C(=N/Nc1ccccc1)CCC2. The van der Waals surface area contributed by atoms with Gasteiger partial charge in [0.25, 0.3) is 5.91 Å². The monoisotopic (exact) mass is 427 g/mol. The molecule has 7 heteroatoms. The van der Waals surface area contributed by atoms with Crippen LogP contribution < -0.4 is 10.7 Å². The zero-order chi connectivity index (χ0) is 20.4. The molecule has 1 aliphatic carbocycles. The maximum Gasteiger partial charge on any atom is 0.291 e. The van der Waals surface area contributed by atoms with Crippen molar-refractivity contribution in [1.29, 1.82) is 0 Å². The molecule has 5 nitrogen and oxygen atoms in total. The van der Waals surface area contributed by atoms with Gasteiger partial charge < -0.3 is 9.73 Å². The number of carbonyl (C=O) groups excluding carboxylic acids is 1. The van der Waals surface area contributed by atoms with Crippen molar-refractivity contribution in [2.75, 3.05) is 10.7 Å². The van der Waals surface area contributed by atoms with Crippen LogP contribution in [0, 0.1) is 6.92 Å². The van der Waals surface area contributed by atoms with E-state index in [0.29, 0.717) is 15.7 Å². The van der Waals surface area contributed by atoms with E-state index in [-0.39, 0.29) is 11.7 Å². The maximum absolute atomic E-state index is 12.8. The second-order valence-corrected chi connectivity index (χ2v) is 7.64. The zero-order valence-corrected chi connectivity index (χ0v) is 17.3. The van der Waals surface area contributed by atoms with Crippen LogP contribution in [0.2, 0.25) is 10.0 Å². The van der Waals surface area contributed by atoms with E-state index in [1.54, 1.807) is 18.2 Å². The number of hydrogen-bond donors (Lipinski definition) is 2. The van der Waals surface area contributed by atoms with Crippen molar-refractivity contribution in [3.63, 3.8) is 0 Å². The van der Waals surface area contributed by atoms with Crippen LogP contribution in [0.15, 0.2) is 58.0 Å². The highest BCUT2D eigenvalue weighted by Gasteiger charge is 2.28. The molecular formula is C22H19Cl2N3O2. The first-order valence-corrected chi connectivity index (χ1v) is 10.0. The first kappa shape index (κ1) is 19.6. The molecule has 29 heavy (non-hydrogen) atoms. The Morgan fingerprint density at radius 2 is 1.83 bits per heavy atom. The highest BCUT2D eigenvalue weighted by Crippen LogP contribution is 2.31. The molecule has 3 aromatic rings. The molecule has 1 aromatic heterocycles. The van der Waals surface area contributed by atoms with E-state index in [9.17, 15) is 4.79 Å². The number of rotatable bonds is 4. The second kappa shape index (κ2) is 8.31. The standard InChI is InChI=1S/C22H19Cl2N3O2/c1-13-20-18(27-26-14-6-3-2-4-7-14)8-5-9-19(20)29-21(13)22(28)25-15-10-11-16(23)17(24)12-15/h2-4,6-7,10-12,26H,5,8-9H2,1H3,(H,25,28)/b27-18+. The minimum atomic E-state index is -0.328. The Bertz CT molecular complexity index is 1090. The van der Waals surface area contributed by atoms with Gasteiger partial charge in [-0.3, -0.25) is 10.2 Å². The van der Waals surface area contributed by atoms with Crippen molar-refractivity contribution in [2.24, 2.45) is 5.10 Å². The molecule has 0 unspecified atom stereocenters. The molecule has 0 saturated heterocycles. The van der Waals surface area contributed by atoms with Gasteiger partial charge in [-0.1, -0.05) is 41.4 Å². The molecule has 2 aromatic carbocycles. The topological polar surface area (TPSA) is 66.6 Å². The Kier molecular flexibility index (Phi) is 5.60. The number of fused-ring (bicyclic) bond motifs is 1. The first-order chi connectivity index (χ1) is 14.0. The third kappa shape index (κ3) is 4.16. The van der Waals surface area contributed by atoms with Gasteiger partial charge in [0.1, 0.15) is 5.76 Å². The summed E-state index contributed by atoms with van der Waals surface area (Å²) < 4.78 is 5.93. The van der Waals surface area contributed by atoms with Crippen LogP contribution in [0.1, 0.15) is 40.3 Å². The van der Waals surface area contributed by atoms with Crippen LogP contribution in [0.3, 0.4) is 0 Å². The lowest BCUT2D eigenvalue weighted by atomic mass is 9.93. The molecule has 4 rings (SSSR count). The van der Waals surface area contributed by atoms with Gasteiger partial charge in [0.2, 0.25) is 0 Å². The number of hydrazone groups is 1. The van der Waals surface area contributed by atoms with Crippen molar-refractivity contribution < 1.29 is 9.21 Å². The Morgan fingerprint density at radius 1 is 1.03 bits per heavy atom. The van der Waals surface area contributed by atoms with Gasteiger partial charge in [-0.25, -0.2) is 0 Å². The molecule has 0 bridgehead atoms. The lowest BCUT2D eigenvalue weighted by Crippen LogP contribution is -2.14. The van der Waals surface area contributed by atoms with Crippen molar-refractivity contribution >= 4 is 46.2 Å². The third-order valence-electron chi connectivity index (χ3n) is 4.80. The van der Waals surface area contributed by atoms with Crippen molar-refractivity contribution in [3.05, 3.63) is 81.2 Å². The van der Waals surface area contributed by atoms with Crippen molar-refractivity contribution in [1.82, 2.24) is 0 Å². The van der Waals surface area contributed by atoms with E-state index in [0.717, 1.165) is 47.5 Å². The number of para-hydroxylation sites is 1. The molecule has 0 radical (unpaired) electrons. The summed E-state index contributed by atoms with van der Waals surface area (Å²) in [6.07, 6.45) is 2.52. The van der Waals surface area contributed by atoms with Gasteiger partial charge in [0.05, 0.1) is 21.4 Å². The van der Waals surface area contributed by atoms with E-state index < -0.39 is 0 Å². The minimum absolute atomic E-state index is 0.287. The summed E-state index contributed by atoms with van der Waals surface area (Å²) in [6.45, 7) is 1.88. The molecule has 1 amide bonds. The van der Waals surface area contributed by atoms with Crippen LogP contribution >= 0.6 is 23.2 Å². The van der Waals surface area contributed by atoms with Crippen LogP contribution in [0.4, 0.5) is 11.4 Å². The summed E-state index contributed by atoms with van der Waals surface area (Å²) >= 11 is 12.0. The molecule has 0 aliphatic heterocycles. The third-order valence-corrected chi connectivity index (χ3v) is 5.54. The number of nitrogens with one attached hydrogen (secondary N) is 2. The molecule has 0 spiro atoms. The summed E-state index contributed by atoms with van der Waals surface area (Å²) in [5.41, 5.74) is 7.15. The number of anilines is 2. The van der Waals surface area contributed by atoms with E-state index in [1.165, 1.54) is 0 Å². The van der Waals surface area contributed by atoms with Crippen LogP contribution in [-0.2, 0) is 6.42 Å². The Morgan fingerprint density at radius 3 is 2.59 bits per heavy atom. The lowest BCUT2D eigenvalue weighted by Gasteiger charge is -2.13. The fourth-order valence-electron chi connectivity index (χ4n) is 3.40. The van der Waals surface area contributed by atoms with E-state index in [2.05, 4.69) is 15.8 Å². The zero-order valence-electron chi connectivity index (χ0n) is 15.8. The van der Waals surface area contributed by atoms with Gasteiger partial charge >= 0.3 is 0 Å². The van der Waals surface area contributed by atoms with Crippen LogP contribution in [-0.4, -0.2) is 11.6 Å². The molecular weight excluding hydrogens is 409 g/mol. The number of halogens is 2. The summed E-state index contributed by atoms with van der Waals surface area (Å²) in [5.74, 6) is 0.752. The summed E-state index contributed by atoms with van der Waals surface area (Å²) in [7, 11) is 0. The predicted octanol–water partition coefficient (Wildman–Crippen LogP) is 6.30. The Balaban J connectivity index is 1.60. The molecule has 1 aliphatic rings. The molecule has 1 heterocycles. The number of amides is 1. The van der Waals surface area contributed by atoms with Crippen molar-refractivity contribution in [2.45, 2.75) is 26.2 Å². The van der Waals surface area contributed by atoms with E-state index >= 15 is 0 Å². The van der Waals surface area contributed by atoms with E-state index in [4.69, 9.17) is 27.6 Å². The fourth-order valence-corrected chi connectivity index (χ4v) is 3.70. The molecule has 2 N–H and O–H groups in total. The number of furan rings is 1. The lowest BCUT2D eigenvalue weighted by molar-refractivity contribution is 0.0994. The molecule has 0 atom stereocenters. The predicted molar refractivity (Wildman–Crippen MR) is 117 cm³/mol. The highest BCUT2D eigenvalue weighted by molar-refractivity contribution is 6.42. The number of carbonyl (C=O) groups is 1. The smallest absolute Gasteiger partial charge is 0.291 e. The van der Waals surface area contributed by atoms with Gasteiger partial charge in [0, 0.05) is 23.2 Å². The van der Waals surface area contributed by atoms with Gasteiger partial charge in [0.15, 0.2) is 5.76 Å². The van der Waals surface area contributed by atoms with Crippen molar-refractivity contribution in [3.8, 4) is 0 Å². The van der Waals surface area contributed by atoms with Crippen LogP contribution in [0.25, 0.3) is 0 Å². The Labute approximate surface area is 178 Å². The molecule has 0 saturated carbocycles. The molecule has 148 valence electrons. The average Bonchev–Trinajstić information content (AvgIpc) is 3.07. The van der Waals surface area contributed by atoms with Gasteiger partial charge in [-0.2, -0.15) is 5.10 Å². The minimum Gasteiger partial charge on any atom is -0.455 e. The molecule has 0 fully saturated rings. The Hall–Kier alpha value is -2.76. The normalized spacial score (nSPS) is 14.5. The van der Waals surface area contributed by atoms with E-state index in [1.807, 2.05) is 37.3 Å². The van der Waals surface area contributed by atoms with Gasteiger partial charge in [-0.05, 0) is 50.1 Å². The first-order valence-electron chi connectivity index (χ1n) is 9.29. The number of nitrogens with zero attached hydrogens (tertiary/aromatic N) is 1. The number of hydrogen-bond acceptors (Lipinski definition) is 4. The fraction of sp³-hybridized carbons (Fsp3) is 0.182. The van der Waals surface area contributed by atoms with Gasteiger partial charge in [-0.15, -0.1) is 0 Å². The number of benzene rings is 2. The largest absolute Gasteiger partial charge is 0.455 e. The summed E-state index contributed by atoms with van der Waals surface area (Å²) in [5, 5.41) is 8.20. The summed E-state index contributed by atoms with van der Waals surface area (Å²) in [4.78, 5) is 12.8. The second-order valence-electron chi connectivity index (χ2n) is 6.83. The number of aryl methyl sites for hydroxylation is 1. The average molecular weight is 428 g/mol. The summed E-state index contributed by atoms with van der Waals surface area (Å²) in [6, 6.07) is 14.7. The van der Waals surface area contributed by atoms with Crippen LogP contribution in [0.5, 0.6) is 0 Å².